The monoisotopic (exact) mass is 300 g/mol. The lowest BCUT2D eigenvalue weighted by Crippen LogP contribution is -2.45. The first-order valence-corrected chi connectivity index (χ1v) is 7.63. The molecule has 3 rings (SSSR count). The molecule has 1 amide bonds. The molecule has 1 atom stereocenters. The minimum atomic E-state index is -0.273. The summed E-state index contributed by atoms with van der Waals surface area (Å²) in [6, 6.07) is 11.4. The molecular formula is C17H20N2O3. The number of aromatic nitrogens is 1. The molecule has 1 aliphatic carbocycles. The van der Waals surface area contributed by atoms with E-state index in [1.807, 2.05) is 30.3 Å². The van der Waals surface area contributed by atoms with Gasteiger partial charge >= 0.3 is 0 Å². The highest BCUT2D eigenvalue weighted by Crippen LogP contribution is 2.31. The minimum absolute atomic E-state index is 0.174. The number of carbonyl (C=O) groups is 1. The number of hydrogen-bond donors (Lipinski definition) is 2. The van der Waals surface area contributed by atoms with Crippen LogP contribution in [0, 0.1) is 5.92 Å². The SMILES string of the molecule is C[C@H](O)C[C@H]1C[C@H](NC(=O)c2cc(-c3ccccc3)on2)C1. The number of carbonyl (C=O) groups excluding carboxylic acids is 1. The fourth-order valence-corrected chi connectivity index (χ4v) is 2.91. The molecule has 1 aliphatic rings. The van der Waals surface area contributed by atoms with E-state index in [1.165, 1.54) is 0 Å². The predicted molar refractivity (Wildman–Crippen MR) is 82.2 cm³/mol. The van der Waals surface area contributed by atoms with Gasteiger partial charge in [0.05, 0.1) is 6.10 Å². The van der Waals surface area contributed by atoms with Gasteiger partial charge in [0.1, 0.15) is 0 Å². The van der Waals surface area contributed by atoms with E-state index in [-0.39, 0.29) is 18.1 Å². The molecule has 1 saturated carbocycles. The lowest BCUT2D eigenvalue weighted by molar-refractivity contribution is 0.0824. The molecule has 2 N–H and O–H groups in total. The average Bonchev–Trinajstić information content (AvgIpc) is 2.95. The second kappa shape index (κ2) is 6.32. The molecule has 0 aliphatic heterocycles. The Hall–Kier alpha value is -2.14. The van der Waals surface area contributed by atoms with Crippen molar-refractivity contribution >= 4 is 5.91 Å². The van der Waals surface area contributed by atoms with Gasteiger partial charge in [-0.25, -0.2) is 0 Å². The molecule has 0 unspecified atom stereocenters. The van der Waals surface area contributed by atoms with Gasteiger partial charge in [-0.1, -0.05) is 35.5 Å². The van der Waals surface area contributed by atoms with Crippen LogP contribution in [0.2, 0.25) is 0 Å². The molecule has 1 fully saturated rings. The molecule has 0 saturated heterocycles. The Morgan fingerprint density at radius 2 is 2.14 bits per heavy atom. The Kier molecular flexibility index (Phi) is 4.24. The molecule has 2 aromatic rings. The lowest BCUT2D eigenvalue weighted by atomic mass is 9.77. The van der Waals surface area contributed by atoms with Crippen LogP contribution >= 0.6 is 0 Å². The topological polar surface area (TPSA) is 75.4 Å². The number of rotatable bonds is 5. The standard InChI is InChI=1S/C17H20N2O3/c1-11(20)7-12-8-14(9-12)18-17(21)15-10-16(22-19-15)13-5-3-2-4-6-13/h2-6,10-12,14,20H,7-9H2,1H3,(H,18,21)/t11-,12-,14-/m0/s1. The normalized spacial score (nSPS) is 21.9. The molecule has 5 heteroatoms. The van der Waals surface area contributed by atoms with Crippen molar-refractivity contribution in [2.24, 2.45) is 5.92 Å². The number of amides is 1. The zero-order valence-corrected chi connectivity index (χ0v) is 12.5. The first-order valence-electron chi connectivity index (χ1n) is 7.63. The minimum Gasteiger partial charge on any atom is -0.393 e. The highest BCUT2D eigenvalue weighted by atomic mass is 16.5. The van der Waals surface area contributed by atoms with E-state index < -0.39 is 0 Å². The van der Waals surface area contributed by atoms with Gasteiger partial charge in [-0.3, -0.25) is 4.79 Å². The van der Waals surface area contributed by atoms with Crippen molar-refractivity contribution in [2.45, 2.75) is 38.3 Å². The van der Waals surface area contributed by atoms with Crippen LogP contribution in [-0.2, 0) is 0 Å². The summed E-state index contributed by atoms with van der Waals surface area (Å²) in [7, 11) is 0. The van der Waals surface area contributed by atoms with Crippen LogP contribution in [0.1, 0.15) is 36.7 Å². The summed E-state index contributed by atoms with van der Waals surface area (Å²) in [5.41, 5.74) is 1.20. The maximum Gasteiger partial charge on any atom is 0.273 e. The molecule has 0 bridgehead atoms. The van der Waals surface area contributed by atoms with E-state index in [2.05, 4.69) is 10.5 Å². The first kappa shape index (κ1) is 14.8. The molecule has 22 heavy (non-hydrogen) atoms. The van der Waals surface area contributed by atoms with Crippen molar-refractivity contribution in [3.63, 3.8) is 0 Å². The molecule has 1 aromatic heterocycles. The maximum absolute atomic E-state index is 12.1. The van der Waals surface area contributed by atoms with Crippen LogP contribution in [-0.4, -0.2) is 28.3 Å². The van der Waals surface area contributed by atoms with Crippen LogP contribution in [0.5, 0.6) is 0 Å². The van der Waals surface area contributed by atoms with Gasteiger partial charge in [0.2, 0.25) is 0 Å². The second-order valence-corrected chi connectivity index (χ2v) is 6.03. The van der Waals surface area contributed by atoms with Crippen LogP contribution < -0.4 is 5.32 Å². The molecule has 1 aromatic carbocycles. The highest BCUT2D eigenvalue weighted by molar-refractivity contribution is 5.93. The van der Waals surface area contributed by atoms with Gasteiger partial charge in [-0.05, 0) is 32.1 Å². The van der Waals surface area contributed by atoms with E-state index in [1.54, 1.807) is 13.0 Å². The third kappa shape index (κ3) is 3.36. The summed E-state index contributed by atoms with van der Waals surface area (Å²) in [6.07, 6.45) is 2.36. The van der Waals surface area contributed by atoms with E-state index >= 15 is 0 Å². The van der Waals surface area contributed by atoms with E-state index in [9.17, 15) is 9.90 Å². The van der Waals surface area contributed by atoms with Crippen molar-refractivity contribution in [1.82, 2.24) is 10.5 Å². The number of hydrogen-bond acceptors (Lipinski definition) is 4. The summed E-state index contributed by atoms with van der Waals surface area (Å²) in [6.45, 7) is 1.80. The number of aliphatic hydroxyl groups is 1. The molecule has 5 nitrogen and oxygen atoms in total. The Morgan fingerprint density at radius 1 is 1.41 bits per heavy atom. The van der Waals surface area contributed by atoms with Gasteiger partial charge in [0, 0.05) is 17.7 Å². The van der Waals surface area contributed by atoms with Crippen molar-refractivity contribution in [3.05, 3.63) is 42.1 Å². The lowest BCUT2D eigenvalue weighted by Gasteiger charge is -2.36. The van der Waals surface area contributed by atoms with Gasteiger partial charge in [0.15, 0.2) is 11.5 Å². The summed E-state index contributed by atoms with van der Waals surface area (Å²) in [5, 5.41) is 16.1. The molecule has 1 heterocycles. The van der Waals surface area contributed by atoms with Crippen LogP contribution in [0.25, 0.3) is 11.3 Å². The fourth-order valence-electron chi connectivity index (χ4n) is 2.91. The first-order chi connectivity index (χ1) is 10.6. The van der Waals surface area contributed by atoms with Gasteiger partial charge in [-0.2, -0.15) is 0 Å². The van der Waals surface area contributed by atoms with Crippen LogP contribution in [0.15, 0.2) is 40.9 Å². The summed E-state index contributed by atoms with van der Waals surface area (Å²) in [4.78, 5) is 12.1. The number of benzene rings is 1. The smallest absolute Gasteiger partial charge is 0.273 e. The Labute approximate surface area is 129 Å². The van der Waals surface area contributed by atoms with Crippen molar-refractivity contribution in [3.8, 4) is 11.3 Å². The zero-order chi connectivity index (χ0) is 15.5. The largest absolute Gasteiger partial charge is 0.393 e. The zero-order valence-electron chi connectivity index (χ0n) is 12.5. The fraction of sp³-hybridized carbons (Fsp3) is 0.412. The molecular weight excluding hydrogens is 280 g/mol. The van der Waals surface area contributed by atoms with E-state index in [0.717, 1.165) is 24.8 Å². The summed E-state index contributed by atoms with van der Waals surface area (Å²) in [5.74, 6) is 0.889. The highest BCUT2D eigenvalue weighted by Gasteiger charge is 2.31. The second-order valence-electron chi connectivity index (χ2n) is 6.03. The molecule has 0 spiro atoms. The van der Waals surface area contributed by atoms with Crippen molar-refractivity contribution in [1.29, 1.82) is 0 Å². The predicted octanol–water partition coefficient (Wildman–Crippen LogP) is 2.62. The number of nitrogens with zero attached hydrogens (tertiary/aromatic N) is 1. The third-order valence-corrected chi connectivity index (χ3v) is 4.05. The maximum atomic E-state index is 12.1. The van der Waals surface area contributed by atoms with E-state index in [0.29, 0.717) is 17.4 Å². The Morgan fingerprint density at radius 3 is 2.82 bits per heavy atom. The summed E-state index contributed by atoms with van der Waals surface area (Å²) < 4.78 is 5.23. The van der Waals surface area contributed by atoms with Crippen molar-refractivity contribution < 1.29 is 14.4 Å². The molecule has 0 radical (unpaired) electrons. The van der Waals surface area contributed by atoms with Crippen LogP contribution in [0.4, 0.5) is 0 Å². The van der Waals surface area contributed by atoms with Gasteiger partial charge in [-0.15, -0.1) is 0 Å². The van der Waals surface area contributed by atoms with Crippen molar-refractivity contribution in [2.75, 3.05) is 0 Å². The average molecular weight is 300 g/mol. The molecule has 116 valence electrons. The van der Waals surface area contributed by atoms with Crippen LogP contribution in [0.3, 0.4) is 0 Å². The quantitative estimate of drug-likeness (QED) is 0.890. The third-order valence-electron chi connectivity index (χ3n) is 4.05. The number of aliphatic hydroxyl groups excluding tert-OH is 1. The summed E-state index contributed by atoms with van der Waals surface area (Å²) >= 11 is 0. The number of nitrogens with one attached hydrogen (secondary N) is 1. The van der Waals surface area contributed by atoms with E-state index in [4.69, 9.17) is 4.52 Å². The Balaban J connectivity index is 1.55. The van der Waals surface area contributed by atoms with Gasteiger partial charge in [0.25, 0.3) is 5.91 Å². The Bertz CT molecular complexity index is 630. The van der Waals surface area contributed by atoms with Gasteiger partial charge < -0.3 is 14.9 Å².